The van der Waals surface area contributed by atoms with Crippen LogP contribution >= 0.6 is 0 Å². The van der Waals surface area contributed by atoms with Crippen LogP contribution in [0, 0.1) is 13.8 Å². The maximum atomic E-state index is 11.7. The first-order valence-corrected chi connectivity index (χ1v) is 16.3. The molecule has 2 heterocycles. The van der Waals surface area contributed by atoms with E-state index in [4.69, 9.17) is 10.6 Å². The van der Waals surface area contributed by atoms with E-state index in [0.29, 0.717) is 29.6 Å². The lowest BCUT2D eigenvalue weighted by molar-refractivity contribution is 0.0525. The van der Waals surface area contributed by atoms with Crippen LogP contribution in [0.1, 0.15) is 102 Å². The number of amides is 1. The van der Waals surface area contributed by atoms with Crippen molar-refractivity contribution in [3.63, 3.8) is 0 Å². The Morgan fingerprint density at radius 3 is 1.47 bits per heavy atom. The Balaban J connectivity index is 0.000000202. The van der Waals surface area contributed by atoms with Gasteiger partial charge in [-0.25, -0.2) is 30.6 Å². The van der Waals surface area contributed by atoms with Crippen LogP contribution in [0.5, 0.6) is 0 Å². The number of hydrogen-bond acceptors (Lipinski definition) is 10. The van der Waals surface area contributed by atoms with E-state index in [1.165, 1.54) is 59.9 Å². The highest BCUT2D eigenvalue weighted by atomic mass is 16.5. The van der Waals surface area contributed by atoms with Crippen molar-refractivity contribution < 1.29 is 14.3 Å². The fourth-order valence-electron chi connectivity index (χ4n) is 5.94. The van der Waals surface area contributed by atoms with Gasteiger partial charge >= 0.3 is 5.97 Å². The van der Waals surface area contributed by atoms with E-state index in [1.54, 1.807) is 6.92 Å². The molecular formula is C36H46N8O3. The Bertz CT molecular complexity index is 1620. The first kappa shape index (κ1) is 35.0. The molecule has 4 aromatic rings. The fraction of sp³-hybridized carbons (Fsp3) is 0.389. The second-order valence-electron chi connectivity index (χ2n) is 11.5. The van der Waals surface area contributed by atoms with E-state index in [2.05, 4.69) is 92.3 Å². The standard InChI is InChI=1S/C18H21N3O2.C16H19N5O.C2H6/c1-3-23-16(22)14-11-19-17(20-12-14)21-18(9-6-10-18)15-8-5-4-7-13(15)2;1-11-5-2-3-6-13(11)16(7-4-8-16)20-15-18-9-12(10-19-15)14(22)21-17;1-2/h4-5,7-8,11-12H,3,6,9-10H2,1-2H3,(H,19,20,21);2-3,5-6,9-10H,4,7-8,17H2,1H3,(H,21,22)(H,18,19,20);1-2H3. The number of nitrogens with one attached hydrogen (secondary N) is 3. The predicted octanol–water partition coefficient (Wildman–Crippen LogP) is 6.36. The van der Waals surface area contributed by atoms with Gasteiger partial charge in [-0.15, -0.1) is 0 Å². The SMILES string of the molecule is CC.CCOC(=O)c1cnc(NC2(c3ccccc3C)CCC2)nc1.Cc1ccccc1C1(Nc2ncc(C(=O)NN)cn2)CCC1. The molecule has 0 unspecified atom stereocenters. The molecule has 2 aliphatic carbocycles. The van der Waals surface area contributed by atoms with E-state index < -0.39 is 11.9 Å². The van der Waals surface area contributed by atoms with Crippen molar-refractivity contribution in [3.05, 3.63) is 107 Å². The molecule has 11 heteroatoms. The molecule has 248 valence electrons. The van der Waals surface area contributed by atoms with Gasteiger partial charge in [0.15, 0.2) is 0 Å². The summed E-state index contributed by atoms with van der Waals surface area (Å²) in [6, 6.07) is 16.8. The molecular weight excluding hydrogens is 592 g/mol. The highest BCUT2D eigenvalue weighted by molar-refractivity contribution is 5.93. The predicted molar refractivity (Wildman–Crippen MR) is 184 cm³/mol. The summed E-state index contributed by atoms with van der Waals surface area (Å²) in [7, 11) is 0. The molecule has 5 N–H and O–H groups in total. The number of aromatic nitrogens is 4. The molecule has 2 aromatic heterocycles. The molecule has 2 fully saturated rings. The van der Waals surface area contributed by atoms with E-state index in [9.17, 15) is 9.59 Å². The number of nitrogen functional groups attached to an aromatic ring is 1. The second-order valence-corrected chi connectivity index (χ2v) is 11.5. The largest absolute Gasteiger partial charge is 0.462 e. The minimum absolute atomic E-state index is 0.100. The summed E-state index contributed by atoms with van der Waals surface area (Å²) >= 11 is 0. The summed E-state index contributed by atoms with van der Waals surface area (Å²) in [5, 5.41) is 6.92. The molecule has 0 bridgehead atoms. The molecule has 0 radical (unpaired) electrons. The molecule has 1 amide bonds. The highest BCUT2D eigenvalue weighted by Crippen LogP contribution is 2.45. The number of nitrogens with two attached hydrogens (primary N) is 1. The minimum Gasteiger partial charge on any atom is -0.462 e. The van der Waals surface area contributed by atoms with Gasteiger partial charge in [0.25, 0.3) is 5.91 Å². The average Bonchev–Trinajstić information content (AvgIpc) is 3.07. The van der Waals surface area contributed by atoms with Crippen LogP contribution in [0.25, 0.3) is 0 Å². The van der Waals surface area contributed by atoms with Crippen LogP contribution in [-0.4, -0.2) is 38.4 Å². The summed E-state index contributed by atoms with van der Waals surface area (Å²) in [4.78, 5) is 40.1. The molecule has 0 saturated heterocycles. The maximum absolute atomic E-state index is 11.7. The van der Waals surface area contributed by atoms with Gasteiger partial charge in [-0.3, -0.25) is 10.2 Å². The monoisotopic (exact) mass is 638 g/mol. The third kappa shape index (κ3) is 8.10. The lowest BCUT2D eigenvalue weighted by Crippen LogP contribution is -2.43. The van der Waals surface area contributed by atoms with Gasteiger partial charge in [-0.05, 0) is 81.5 Å². The Hall–Kier alpha value is -4.90. The number of carbonyl (C=O) groups is 2. The van der Waals surface area contributed by atoms with Crippen LogP contribution in [0.3, 0.4) is 0 Å². The quantitative estimate of drug-likeness (QED) is 0.0704. The molecule has 0 aliphatic heterocycles. The van der Waals surface area contributed by atoms with Gasteiger partial charge in [-0.1, -0.05) is 62.4 Å². The lowest BCUT2D eigenvalue weighted by Gasteiger charge is -2.44. The molecule has 47 heavy (non-hydrogen) atoms. The number of aryl methyl sites for hydroxylation is 2. The Kier molecular flexibility index (Phi) is 12.0. The summed E-state index contributed by atoms with van der Waals surface area (Å²) < 4.78 is 4.95. The number of anilines is 2. The van der Waals surface area contributed by atoms with Crippen molar-refractivity contribution in [1.82, 2.24) is 25.4 Å². The maximum Gasteiger partial charge on any atom is 0.341 e. The molecule has 0 spiro atoms. The first-order valence-electron chi connectivity index (χ1n) is 16.3. The Labute approximate surface area is 277 Å². The van der Waals surface area contributed by atoms with E-state index in [-0.39, 0.29) is 11.1 Å². The number of carbonyl (C=O) groups excluding carboxylic acids is 2. The van der Waals surface area contributed by atoms with Crippen molar-refractivity contribution in [2.45, 2.75) is 84.2 Å². The first-order chi connectivity index (χ1) is 22.8. The topological polar surface area (TPSA) is 157 Å². The van der Waals surface area contributed by atoms with Crippen LogP contribution in [0.2, 0.25) is 0 Å². The van der Waals surface area contributed by atoms with E-state index in [1.807, 2.05) is 19.9 Å². The molecule has 2 aliphatic rings. The number of hydrazine groups is 1. The zero-order valence-corrected chi connectivity index (χ0v) is 28.0. The highest BCUT2D eigenvalue weighted by Gasteiger charge is 2.41. The van der Waals surface area contributed by atoms with Crippen molar-refractivity contribution in [1.29, 1.82) is 0 Å². The second kappa shape index (κ2) is 16.1. The third-order valence-corrected chi connectivity index (χ3v) is 8.65. The summed E-state index contributed by atoms with van der Waals surface area (Å²) in [5.41, 5.74) is 7.67. The van der Waals surface area contributed by atoms with E-state index in [0.717, 1.165) is 25.7 Å². The molecule has 2 aromatic carbocycles. The molecule has 6 rings (SSSR count). The molecule has 11 nitrogen and oxygen atoms in total. The number of rotatable bonds is 9. The number of benzene rings is 2. The fourth-order valence-corrected chi connectivity index (χ4v) is 5.94. The number of nitrogens with zero attached hydrogens (tertiary/aromatic N) is 4. The summed E-state index contributed by atoms with van der Waals surface area (Å²) in [6.45, 7) is 10.4. The van der Waals surface area contributed by atoms with Gasteiger partial charge in [-0.2, -0.15) is 0 Å². The Morgan fingerprint density at radius 1 is 0.723 bits per heavy atom. The normalized spacial score (nSPS) is 15.1. The van der Waals surface area contributed by atoms with Crippen molar-refractivity contribution in [2.75, 3.05) is 17.2 Å². The number of esters is 1. The van der Waals surface area contributed by atoms with E-state index >= 15 is 0 Å². The smallest absolute Gasteiger partial charge is 0.341 e. The van der Waals surface area contributed by atoms with Crippen LogP contribution in [0.15, 0.2) is 73.3 Å². The zero-order valence-electron chi connectivity index (χ0n) is 28.0. The van der Waals surface area contributed by atoms with Crippen LogP contribution in [-0.2, 0) is 15.8 Å². The van der Waals surface area contributed by atoms with Crippen LogP contribution in [0.4, 0.5) is 11.9 Å². The Morgan fingerprint density at radius 2 is 1.13 bits per heavy atom. The van der Waals surface area contributed by atoms with Gasteiger partial charge in [0.05, 0.1) is 28.8 Å². The number of ether oxygens (including phenoxy) is 1. The summed E-state index contributed by atoms with van der Waals surface area (Å²) in [5.74, 6) is 5.37. The van der Waals surface area contributed by atoms with Crippen LogP contribution < -0.4 is 21.9 Å². The van der Waals surface area contributed by atoms with Gasteiger partial charge in [0.1, 0.15) is 0 Å². The van der Waals surface area contributed by atoms with Crippen molar-refractivity contribution in [3.8, 4) is 0 Å². The van der Waals surface area contributed by atoms with Gasteiger partial charge < -0.3 is 15.4 Å². The number of hydrogen-bond donors (Lipinski definition) is 4. The minimum atomic E-state index is -0.399. The lowest BCUT2D eigenvalue weighted by atomic mass is 9.70. The van der Waals surface area contributed by atoms with Crippen molar-refractivity contribution in [2.24, 2.45) is 5.84 Å². The summed E-state index contributed by atoms with van der Waals surface area (Å²) in [6.07, 6.45) is 12.5. The third-order valence-electron chi connectivity index (χ3n) is 8.65. The van der Waals surface area contributed by atoms with Gasteiger partial charge in [0, 0.05) is 24.8 Å². The average molecular weight is 639 g/mol. The molecule has 0 atom stereocenters. The van der Waals surface area contributed by atoms with Crippen molar-refractivity contribution >= 4 is 23.8 Å². The van der Waals surface area contributed by atoms with Gasteiger partial charge in [0.2, 0.25) is 11.9 Å². The molecule has 2 saturated carbocycles. The zero-order chi connectivity index (χ0) is 33.9.